The molecule has 0 radical (unpaired) electrons. The van der Waals surface area contributed by atoms with Gasteiger partial charge in [0.05, 0.1) is 12.1 Å². The van der Waals surface area contributed by atoms with Crippen LogP contribution in [0.15, 0.2) is 72.1 Å². The molecule has 3 aromatic rings. The van der Waals surface area contributed by atoms with Crippen LogP contribution in [0.1, 0.15) is 12.0 Å². The van der Waals surface area contributed by atoms with E-state index in [9.17, 15) is 8.42 Å². The van der Waals surface area contributed by atoms with Crippen LogP contribution < -0.4 is 4.74 Å². The lowest BCUT2D eigenvalue weighted by Gasteiger charge is -2.15. The van der Waals surface area contributed by atoms with Crippen molar-refractivity contribution in [2.75, 3.05) is 13.1 Å². The lowest BCUT2D eigenvalue weighted by atomic mass is 10.2. The number of nitrogens with zero attached hydrogens (tertiary/aromatic N) is 2. The summed E-state index contributed by atoms with van der Waals surface area (Å²) in [5.74, 6) is 0.526. The highest BCUT2D eigenvalue weighted by atomic mass is 32.2. The fourth-order valence-electron chi connectivity index (χ4n) is 3.12. The van der Waals surface area contributed by atoms with Crippen LogP contribution in [0, 0.1) is 0 Å². The van der Waals surface area contributed by atoms with Crippen molar-refractivity contribution in [3.05, 3.63) is 77.7 Å². The molecule has 2 aromatic carbocycles. The molecule has 1 aliphatic rings. The number of hydrogen-bond donors (Lipinski definition) is 0. The van der Waals surface area contributed by atoms with Gasteiger partial charge in [-0.25, -0.2) is 13.4 Å². The third kappa shape index (κ3) is 4.18. The van der Waals surface area contributed by atoms with Gasteiger partial charge in [-0.15, -0.1) is 0 Å². The molecular weight excluding hydrogens is 360 g/mol. The largest absolute Gasteiger partial charge is 0.473 e. The van der Waals surface area contributed by atoms with E-state index in [0.717, 1.165) is 16.5 Å². The minimum Gasteiger partial charge on any atom is -0.473 e. The highest BCUT2D eigenvalue weighted by Gasteiger charge is 2.31. The quantitative estimate of drug-likeness (QED) is 0.677. The van der Waals surface area contributed by atoms with Crippen molar-refractivity contribution in [1.29, 1.82) is 0 Å². The summed E-state index contributed by atoms with van der Waals surface area (Å²) in [5, 5.41) is 2.31. The average Bonchev–Trinajstić information content (AvgIpc) is 3.17. The first-order valence-electron chi connectivity index (χ1n) is 8.86. The van der Waals surface area contributed by atoms with Crippen molar-refractivity contribution in [3.8, 4) is 5.88 Å². The number of fused-ring (bicyclic) bond motifs is 1. The van der Waals surface area contributed by atoms with Gasteiger partial charge in [-0.2, -0.15) is 4.31 Å². The van der Waals surface area contributed by atoms with Gasteiger partial charge in [-0.3, -0.25) is 0 Å². The fraction of sp³-hybridized carbons (Fsp3) is 0.190. The Kier molecular flexibility index (Phi) is 4.92. The van der Waals surface area contributed by atoms with E-state index in [-0.39, 0.29) is 6.10 Å². The Hall–Kier alpha value is -2.70. The summed E-state index contributed by atoms with van der Waals surface area (Å²) in [6.45, 7) is 0.773. The minimum atomic E-state index is -3.47. The molecule has 6 heteroatoms. The Balaban J connectivity index is 1.42. The van der Waals surface area contributed by atoms with Gasteiger partial charge in [0, 0.05) is 23.4 Å². The first-order valence-corrected chi connectivity index (χ1v) is 10.4. The summed E-state index contributed by atoms with van der Waals surface area (Å²) >= 11 is 0. The molecule has 1 fully saturated rings. The van der Waals surface area contributed by atoms with Crippen LogP contribution in [0.2, 0.25) is 0 Å². The number of aromatic nitrogens is 1. The third-order valence-electron chi connectivity index (χ3n) is 4.56. The Labute approximate surface area is 159 Å². The topological polar surface area (TPSA) is 59.5 Å². The van der Waals surface area contributed by atoms with Gasteiger partial charge in [0.1, 0.15) is 6.10 Å². The van der Waals surface area contributed by atoms with Crippen LogP contribution in [-0.4, -0.2) is 36.9 Å². The number of sulfonamides is 1. The van der Waals surface area contributed by atoms with Gasteiger partial charge >= 0.3 is 0 Å². The standard InChI is InChI=1S/C21H20N2O3S/c24-27(25,15-13-17-6-2-1-3-7-17)23-14-12-19(16-23)26-21-11-10-18-8-4-5-9-20(18)22-21/h1-11,13,15,19H,12,14,16H2/b15-13+/t19-/m0/s1. The van der Waals surface area contributed by atoms with Gasteiger partial charge in [-0.1, -0.05) is 48.5 Å². The summed E-state index contributed by atoms with van der Waals surface area (Å²) < 4.78 is 32.5. The molecule has 0 aliphatic carbocycles. The smallest absolute Gasteiger partial charge is 0.236 e. The molecule has 0 bridgehead atoms. The second-order valence-corrected chi connectivity index (χ2v) is 8.31. The maximum Gasteiger partial charge on any atom is 0.236 e. The highest BCUT2D eigenvalue weighted by Crippen LogP contribution is 2.22. The van der Waals surface area contributed by atoms with Crippen LogP contribution >= 0.6 is 0 Å². The van der Waals surface area contributed by atoms with Crippen molar-refractivity contribution in [3.63, 3.8) is 0 Å². The number of benzene rings is 2. The van der Waals surface area contributed by atoms with Crippen molar-refractivity contribution in [2.45, 2.75) is 12.5 Å². The maximum absolute atomic E-state index is 12.5. The van der Waals surface area contributed by atoms with E-state index >= 15 is 0 Å². The number of para-hydroxylation sites is 1. The van der Waals surface area contributed by atoms with E-state index in [0.29, 0.717) is 25.4 Å². The molecule has 1 saturated heterocycles. The molecule has 0 N–H and O–H groups in total. The third-order valence-corrected chi connectivity index (χ3v) is 6.09. The lowest BCUT2D eigenvalue weighted by molar-refractivity contribution is 0.208. The van der Waals surface area contributed by atoms with E-state index in [4.69, 9.17) is 4.74 Å². The van der Waals surface area contributed by atoms with Crippen molar-refractivity contribution < 1.29 is 13.2 Å². The molecule has 4 rings (SSSR count). The maximum atomic E-state index is 12.5. The summed E-state index contributed by atoms with van der Waals surface area (Å²) in [7, 11) is -3.47. The molecule has 27 heavy (non-hydrogen) atoms. The molecule has 0 saturated carbocycles. The second-order valence-electron chi connectivity index (χ2n) is 6.49. The normalized spacial score (nSPS) is 18.3. The first kappa shape index (κ1) is 17.7. The van der Waals surface area contributed by atoms with E-state index < -0.39 is 10.0 Å². The van der Waals surface area contributed by atoms with Crippen LogP contribution in [0.5, 0.6) is 5.88 Å². The van der Waals surface area contributed by atoms with Gasteiger partial charge in [-0.05, 0) is 30.2 Å². The molecular formula is C21H20N2O3S. The van der Waals surface area contributed by atoms with Crippen LogP contribution in [0.25, 0.3) is 17.0 Å². The molecule has 1 atom stereocenters. The first-order chi connectivity index (χ1) is 13.1. The summed E-state index contributed by atoms with van der Waals surface area (Å²) in [5.41, 5.74) is 1.72. The minimum absolute atomic E-state index is 0.196. The molecule has 0 spiro atoms. The molecule has 2 heterocycles. The number of rotatable bonds is 5. The van der Waals surface area contributed by atoms with Crippen molar-refractivity contribution >= 4 is 27.0 Å². The molecule has 0 amide bonds. The molecule has 138 valence electrons. The Morgan fingerprint density at radius 3 is 2.63 bits per heavy atom. The zero-order chi connectivity index (χ0) is 18.7. The Morgan fingerprint density at radius 1 is 1.00 bits per heavy atom. The number of ether oxygens (including phenoxy) is 1. The van der Waals surface area contributed by atoms with E-state index in [2.05, 4.69) is 4.98 Å². The summed E-state index contributed by atoms with van der Waals surface area (Å²) in [4.78, 5) is 4.50. The van der Waals surface area contributed by atoms with Crippen molar-refractivity contribution in [2.24, 2.45) is 0 Å². The second kappa shape index (κ2) is 7.50. The number of pyridine rings is 1. The zero-order valence-electron chi connectivity index (χ0n) is 14.7. The molecule has 5 nitrogen and oxygen atoms in total. The zero-order valence-corrected chi connectivity index (χ0v) is 15.5. The van der Waals surface area contributed by atoms with Crippen LogP contribution in [0.4, 0.5) is 0 Å². The van der Waals surface area contributed by atoms with Gasteiger partial charge < -0.3 is 4.74 Å². The SMILES string of the molecule is O=S(=O)(/C=C/c1ccccc1)N1CC[C@H](Oc2ccc3ccccc3n2)C1. The number of hydrogen-bond acceptors (Lipinski definition) is 4. The van der Waals surface area contributed by atoms with Crippen LogP contribution in [0.3, 0.4) is 0 Å². The monoisotopic (exact) mass is 380 g/mol. The predicted molar refractivity (Wildman–Crippen MR) is 107 cm³/mol. The predicted octanol–water partition coefficient (Wildman–Crippen LogP) is 3.69. The van der Waals surface area contributed by atoms with E-state index in [1.807, 2.05) is 66.7 Å². The Bertz CT molecular complexity index is 1060. The fourth-order valence-corrected chi connectivity index (χ4v) is 4.36. The van der Waals surface area contributed by atoms with E-state index in [1.54, 1.807) is 6.08 Å². The average molecular weight is 380 g/mol. The van der Waals surface area contributed by atoms with Crippen molar-refractivity contribution in [1.82, 2.24) is 9.29 Å². The Morgan fingerprint density at radius 2 is 1.78 bits per heavy atom. The summed E-state index contributed by atoms with van der Waals surface area (Å²) in [6.07, 6.45) is 2.07. The van der Waals surface area contributed by atoms with Crippen LogP contribution in [-0.2, 0) is 10.0 Å². The molecule has 1 aromatic heterocycles. The summed E-state index contributed by atoms with van der Waals surface area (Å²) in [6, 6.07) is 21.0. The van der Waals surface area contributed by atoms with E-state index in [1.165, 1.54) is 9.71 Å². The molecule has 0 unspecified atom stereocenters. The van der Waals surface area contributed by atoms with Gasteiger partial charge in [0.2, 0.25) is 15.9 Å². The lowest BCUT2D eigenvalue weighted by Crippen LogP contribution is -2.29. The molecule has 1 aliphatic heterocycles. The van der Waals surface area contributed by atoms with Gasteiger partial charge in [0.25, 0.3) is 0 Å². The van der Waals surface area contributed by atoms with Gasteiger partial charge in [0.15, 0.2) is 0 Å². The highest BCUT2D eigenvalue weighted by molar-refractivity contribution is 7.92.